The molecule has 0 unspecified atom stereocenters. The van der Waals surface area contributed by atoms with Crippen LogP contribution in [0.4, 0.5) is 0 Å². The van der Waals surface area contributed by atoms with Crippen LogP contribution in [-0.4, -0.2) is 21.4 Å². The summed E-state index contributed by atoms with van der Waals surface area (Å²) in [6.07, 6.45) is 0. The summed E-state index contributed by atoms with van der Waals surface area (Å²) in [5.74, 6) is 0. The van der Waals surface area contributed by atoms with Gasteiger partial charge in [-0.05, 0) is 64.0 Å². The summed E-state index contributed by atoms with van der Waals surface area (Å²) in [6.45, 7) is 0. The number of hydrogen-bond donors (Lipinski definition) is 0. The smallest absolute Gasteiger partial charge is 0.340 e. The Bertz CT molecular complexity index is 3850. The van der Waals surface area contributed by atoms with Crippen LogP contribution in [0.1, 0.15) is 0 Å². The van der Waals surface area contributed by atoms with Crippen molar-refractivity contribution in [1.82, 2.24) is 13.0 Å². The van der Waals surface area contributed by atoms with Gasteiger partial charge in [-0.15, -0.1) is 0 Å². The third-order valence-corrected chi connectivity index (χ3v) is 17.7. The average Bonchev–Trinajstić information content (AvgIpc) is 4.03. The molecule has 0 saturated heterocycles. The van der Waals surface area contributed by atoms with Crippen molar-refractivity contribution < 1.29 is 4.42 Å². The Balaban J connectivity index is 1.28. The first-order chi connectivity index (χ1) is 29.3. The van der Waals surface area contributed by atoms with Gasteiger partial charge in [-0.25, -0.2) is 0 Å². The maximum absolute atomic E-state index is 6.79. The molecule has 0 fully saturated rings. The fraction of sp³-hybridized carbons (Fsp3) is 0. The molecule has 0 radical (unpaired) electrons. The van der Waals surface area contributed by atoms with Gasteiger partial charge in [-0.2, -0.15) is 0 Å². The van der Waals surface area contributed by atoms with E-state index in [1.54, 1.807) is 0 Å². The molecule has 14 rings (SSSR count). The summed E-state index contributed by atoms with van der Waals surface area (Å²) in [7, 11) is -3.27. The van der Waals surface area contributed by atoms with Crippen molar-refractivity contribution in [3.63, 3.8) is 0 Å². The van der Waals surface area contributed by atoms with Gasteiger partial charge in [0.25, 0.3) is 0 Å². The predicted octanol–water partition coefficient (Wildman–Crippen LogP) is 12.5. The third-order valence-electron chi connectivity index (χ3n) is 13.2. The molecular weight excluding hydrogens is 735 g/mol. The van der Waals surface area contributed by atoms with Crippen molar-refractivity contribution in [2.24, 2.45) is 0 Å². The Hall–Kier alpha value is -7.60. The topological polar surface area (TPSA) is 27.9 Å². The summed E-state index contributed by atoms with van der Waals surface area (Å²) >= 11 is 0. The molecule has 274 valence electrons. The van der Waals surface area contributed by atoms with Crippen molar-refractivity contribution in [2.75, 3.05) is 0 Å². The molecule has 13 aromatic rings. The highest BCUT2D eigenvalue weighted by atomic mass is 28.3. The Labute approximate surface area is 339 Å². The van der Waals surface area contributed by atoms with Crippen LogP contribution in [-0.2, 0) is 0 Å². The van der Waals surface area contributed by atoms with Gasteiger partial charge in [0.15, 0.2) is 5.58 Å². The first-order valence-corrected chi connectivity index (χ1v) is 22.3. The van der Waals surface area contributed by atoms with E-state index in [0.717, 1.165) is 27.6 Å². The predicted molar refractivity (Wildman–Crippen MR) is 248 cm³/mol. The molecule has 59 heavy (non-hydrogen) atoms. The standard InChI is InChI=1S/C54H33N3OSi/c1-4-15-34(16-5-1)35-27-30-45-43(33-35)41-29-32-47-51-50-46(55(47)48-25-14-23-42-39-22-11-13-26-49(39)58-54(42)48)31-28-40-38-21-10-12-24-44(38)56(52(40)50)59(57(45)53(41)51,36-17-6-2-7-18-36)37-19-8-3-9-20-37/h1-33H. The molecule has 1 aliphatic rings. The number of rotatable bonds is 4. The number of benzene rings is 9. The largest absolute Gasteiger partial charge is 0.454 e. The highest BCUT2D eigenvalue weighted by Crippen LogP contribution is 2.50. The van der Waals surface area contributed by atoms with Crippen molar-refractivity contribution in [3.8, 4) is 16.8 Å². The van der Waals surface area contributed by atoms with Crippen LogP contribution < -0.4 is 10.4 Å². The van der Waals surface area contributed by atoms with Gasteiger partial charge in [0.2, 0.25) is 0 Å². The minimum absolute atomic E-state index is 0.899. The Morgan fingerprint density at radius 3 is 1.59 bits per heavy atom. The number of para-hydroxylation sites is 3. The van der Waals surface area contributed by atoms with E-state index >= 15 is 0 Å². The molecule has 0 saturated carbocycles. The Morgan fingerprint density at radius 2 is 0.898 bits per heavy atom. The lowest BCUT2D eigenvalue weighted by molar-refractivity contribution is 0.666. The van der Waals surface area contributed by atoms with Gasteiger partial charge in [0.05, 0.1) is 27.8 Å². The van der Waals surface area contributed by atoms with Crippen LogP contribution in [0.2, 0.25) is 0 Å². The number of nitrogens with zero attached hydrogens (tertiary/aromatic N) is 3. The van der Waals surface area contributed by atoms with Crippen molar-refractivity contribution >= 4 is 106 Å². The van der Waals surface area contributed by atoms with Crippen LogP contribution in [0.15, 0.2) is 205 Å². The number of hydrogen-bond acceptors (Lipinski definition) is 1. The highest BCUT2D eigenvalue weighted by molar-refractivity contribution is 7.02. The van der Waals surface area contributed by atoms with Gasteiger partial charge < -0.3 is 17.4 Å². The minimum Gasteiger partial charge on any atom is -0.454 e. The molecule has 0 amide bonds. The molecule has 0 aliphatic carbocycles. The maximum atomic E-state index is 6.79. The van der Waals surface area contributed by atoms with Crippen LogP contribution in [0.25, 0.3) is 104 Å². The monoisotopic (exact) mass is 767 g/mol. The molecule has 5 heteroatoms. The molecule has 9 aromatic carbocycles. The molecule has 1 aliphatic heterocycles. The van der Waals surface area contributed by atoms with E-state index in [1.165, 1.54) is 86.9 Å². The molecule has 0 N–H and O–H groups in total. The quantitative estimate of drug-likeness (QED) is 0.164. The van der Waals surface area contributed by atoms with Crippen LogP contribution in [0.3, 0.4) is 0 Å². The number of fused-ring (bicyclic) bond motifs is 9. The van der Waals surface area contributed by atoms with Crippen molar-refractivity contribution in [1.29, 1.82) is 0 Å². The van der Waals surface area contributed by atoms with Gasteiger partial charge in [0, 0.05) is 54.1 Å². The second kappa shape index (κ2) is 11.3. The fourth-order valence-corrected chi connectivity index (χ4v) is 16.0. The first kappa shape index (κ1) is 31.5. The molecule has 4 nitrogen and oxygen atoms in total. The summed E-state index contributed by atoms with van der Waals surface area (Å²) in [5, 5.41) is 12.5. The second-order valence-electron chi connectivity index (χ2n) is 16.0. The third kappa shape index (κ3) is 3.84. The van der Waals surface area contributed by atoms with E-state index in [0.29, 0.717) is 0 Å². The Morgan fingerprint density at radius 1 is 0.356 bits per heavy atom. The van der Waals surface area contributed by atoms with E-state index in [4.69, 9.17) is 4.42 Å². The van der Waals surface area contributed by atoms with Crippen LogP contribution in [0.5, 0.6) is 0 Å². The molecule has 0 atom stereocenters. The van der Waals surface area contributed by atoms with Gasteiger partial charge in [-0.3, -0.25) is 0 Å². The second-order valence-corrected chi connectivity index (χ2v) is 19.4. The molecule has 4 aromatic heterocycles. The zero-order chi connectivity index (χ0) is 38.4. The zero-order valence-electron chi connectivity index (χ0n) is 31.8. The average molecular weight is 768 g/mol. The van der Waals surface area contributed by atoms with E-state index in [-0.39, 0.29) is 0 Å². The highest BCUT2D eigenvalue weighted by Gasteiger charge is 2.49. The van der Waals surface area contributed by atoms with E-state index in [1.807, 2.05) is 0 Å². The Kier molecular flexibility index (Phi) is 6.02. The summed E-state index contributed by atoms with van der Waals surface area (Å²) in [4.78, 5) is 0. The van der Waals surface area contributed by atoms with E-state index in [9.17, 15) is 0 Å². The summed E-state index contributed by atoms with van der Waals surface area (Å²) in [6, 6.07) is 74.3. The fourth-order valence-electron chi connectivity index (χ4n) is 10.9. The van der Waals surface area contributed by atoms with Gasteiger partial charge >= 0.3 is 8.40 Å². The number of aromatic nitrogens is 3. The van der Waals surface area contributed by atoms with E-state index < -0.39 is 8.40 Å². The molecule has 0 bridgehead atoms. The van der Waals surface area contributed by atoms with Crippen molar-refractivity contribution in [2.45, 2.75) is 0 Å². The lowest BCUT2D eigenvalue weighted by atomic mass is 10.0. The summed E-state index contributed by atoms with van der Waals surface area (Å²) in [5.41, 5.74) is 12.7. The maximum Gasteiger partial charge on any atom is 0.340 e. The van der Waals surface area contributed by atoms with Gasteiger partial charge in [0.1, 0.15) is 5.58 Å². The zero-order valence-corrected chi connectivity index (χ0v) is 32.8. The lowest BCUT2D eigenvalue weighted by Crippen LogP contribution is -2.69. The van der Waals surface area contributed by atoms with Crippen LogP contribution in [0, 0.1) is 0 Å². The normalized spacial score (nSPS) is 13.6. The van der Waals surface area contributed by atoms with Crippen LogP contribution >= 0.6 is 0 Å². The van der Waals surface area contributed by atoms with E-state index in [2.05, 4.69) is 213 Å². The number of furan rings is 1. The lowest BCUT2D eigenvalue weighted by Gasteiger charge is -2.37. The minimum atomic E-state index is -3.27. The SMILES string of the molecule is c1ccc(-c2ccc3c(c2)c2ccc4c5c6c(ccc7c8ccccc8n(c76)[Si](c6ccccc6)(c6ccccc6)n3c25)n4-c2cccc3c2oc2ccccc23)cc1. The van der Waals surface area contributed by atoms with Crippen molar-refractivity contribution in [3.05, 3.63) is 200 Å². The molecular formula is C54H33N3OSi. The first-order valence-electron chi connectivity index (χ1n) is 20.4. The molecule has 5 heterocycles. The molecule has 0 spiro atoms. The van der Waals surface area contributed by atoms with Gasteiger partial charge in [-0.1, -0.05) is 158 Å². The summed E-state index contributed by atoms with van der Waals surface area (Å²) < 4.78 is 14.9.